The van der Waals surface area contributed by atoms with Gasteiger partial charge in [0.15, 0.2) is 14.9 Å². The Hall–Kier alpha value is -3.80. The predicted octanol–water partition coefficient (Wildman–Crippen LogP) is 3.78. The Bertz CT molecular complexity index is 1420. The lowest BCUT2D eigenvalue weighted by Crippen LogP contribution is -2.50. The van der Waals surface area contributed by atoms with Gasteiger partial charge >= 0.3 is 12.0 Å². The van der Waals surface area contributed by atoms with Crippen LogP contribution in [0.15, 0.2) is 53.8 Å². The van der Waals surface area contributed by atoms with Crippen molar-refractivity contribution in [2.24, 2.45) is 5.92 Å². The Kier molecular flexibility index (Phi) is 8.10. The van der Waals surface area contributed by atoms with E-state index in [2.05, 4.69) is 10.1 Å². The van der Waals surface area contributed by atoms with Crippen LogP contribution in [0.2, 0.25) is 0 Å². The number of fused-ring (bicyclic) bond motifs is 1. The molecule has 1 unspecified atom stereocenters. The second-order valence-electron chi connectivity index (χ2n) is 9.04. The zero-order valence-electron chi connectivity index (χ0n) is 21.5. The van der Waals surface area contributed by atoms with Crippen LogP contribution in [-0.2, 0) is 25.8 Å². The third kappa shape index (κ3) is 5.69. The highest BCUT2D eigenvalue weighted by atomic mass is 32.2. The van der Waals surface area contributed by atoms with Crippen LogP contribution in [0.3, 0.4) is 0 Å². The molecule has 3 heterocycles. The number of benzene rings is 1. The first-order valence-corrected chi connectivity index (χ1v) is 14.3. The first-order valence-electron chi connectivity index (χ1n) is 12.4. The summed E-state index contributed by atoms with van der Waals surface area (Å²) in [5.41, 5.74) is 2.08. The summed E-state index contributed by atoms with van der Waals surface area (Å²) in [4.78, 5) is 33.8. The van der Waals surface area contributed by atoms with Crippen LogP contribution in [0.5, 0.6) is 0 Å². The number of pyridine rings is 1. The summed E-state index contributed by atoms with van der Waals surface area (Å²) in [7, 11) is -3.60. The Morgan fingerprint density at radius 3 is 2.58 bits per heavy atom. The van der Waals surface area contributed by atoms with Crippen molar-refractivity contribution in [1.82, 2.24) is 14.8 Å². The molecule has 1 atom stereocenters. The van der Waals surface area contributed by atoms with Crippen LogP contribution in [0.25, 0.3) is 5.69 Å². The molecule has 0 aliphatic carbocycles. The number of rotatable bonds is 8. The molecule has 0 saturated carbocycles. The molecule has 0 bridgehead atoms. The van der Waals surface area contributed by atoms with E-state index in [0.29, 0.717) is 35.7 Å². The standard InChI is InChI=1S/C26H30FN5O5S/c1-4-6-13-30(21-11-12-28-24(15-21)38(3,35)36)26(34)31-17-18(25(33)37-5-2)14-22-23(31)16-29-32(22)20-9-7-19(27)8-10-20/h7-12,15-16,18H,4-6,13-14,17H2,1-3H3. The van der Waals surface area contributed by atoms with Crippen molar-refractivity contribution in [2.75, 3.05) is 35.8 Å². The molecule has 4 rings (SSSR count). The smallest absolute Gasteiger partial charge is 0.329 e. The largest absolute Gasteiger partial charge is 0.466 e. The number of anilines is 2. The summed E-state index contributed by atoms with van der Waals surface area (Å²) >= 11 is 0. The normalized spacial score (nSPS) is 15.2. The Morgan fingerprint density at radius 2 is 1.92 bits per heavy atom. The molecule has 0 fully saturated rings. The van der Waals surface area contributed by atoms with E-state index >= 15 is 0 Å². The number of urea groups is 1. The molecule has 12 heteroatoms. The van der Waals surface area contributed by atoms with E-state index in [1.807, 2.05) is 6.92 Å². The van der Waals surface area contributed by atoms with Gasteiger partial charge in [-0.3, -0.25) is 14.6 Å². The maximum absolute atomic E-state index is 14.1. The molecular weight excluding hydrogens is 513 g/mol. The molecule has 3 aromatic rings. The number of nitrogens with zero attached hydrogens (tertiary/aromatic N) is 5. The molecule has 1 aliphatic heterocycles. The lowest BCUT2D eigenvalue weighted by molar-refractivity contribution is -0.147. The maximum Gasteiger partial charge on any atom is 0.329 e. The van der Waals surface area contributed by atoms with Gasteiger partial charge in [0.1, 0.15) is 5.82 Å². The number of ether oxygens (including phenoxy) is 1. The van der Waals surface area contributed by atoms with Gasteiger partial charge in [0.2, 0.25) is 0 Å². The number of hydrogen-bond donors (Lipinski definition) is 0. The van der Waals surface area contributed by atoms with Crippen molar-refractivity contribution in [3.63, 3.8) is 0 Å². The zero-order chi connectivity index (χ0) is 27.4. The minimum atomic E-state index is -3.60. The number of esters is 1. The first-order chi connectivity index (χ1) is 18.1. The van der Waals surface area contributed by atoms with Gasteiger partial charge < -0.3 is 4.74 Å². The van der Waals surface area contributed by atoms with E-state index in [0.717, 1.165) is 12.7 Å². The molecule has 0 saturated heterocycles. The predicted molar refractivity (Wildman–Crippen MR) is 140 cm³/mol. The maximum atomic E-state index is 14.1. The van der Waals surface area contributed by atoms with Gasteiger partial charge in [-0.05, 0) is 49.7 Å². The highest BCUT2D eigenvalue weighted by Crippen LogP contribution is 2.34. The number of carbonyl (C=O) groups excluding carboxylic acids is 2. The van der Waals surface area contributed by atoms with Gasteiger partial charge in [-0.25, -0.2) is 27.3 Å². The van der Waals surface area contributed by atoms with Crippen molar-refractivity contribution in [3.8, 4) is 5.69 Å². The number of aromatic nitrogens is 3. The van der Waals surface area contributed by atoms with Crippen LogP contribution in [0, 0.1) is 11.7 Å². The molecule has 0 N–H and O–H groups in total. The zero-order valence-corrected chi connectivity index (χ0v) is 22.3. The summed E-state index contributed by atoms with van der Waals surface area (Å²) < 4.78 is 44.7. The molecule has 0 radical (unpaired) electrons. The number of sulfone groups is 1. The summed E-state index contributed by atoms with van der Waals surface area (Å²) in [5, 5.41) is 4.31. The minimum absolute atomic E-state index is 0.0619. The average molecular weight is 544 g/mol. The summed E-state index contributed by atoms with van der Waals surface area (Å²) in [6, 6.07) is 8.29. The van der Waals surface area contributed by atoms with Gasteiger partial charge in [-0.1, -0.05) is 13.3 Å². The number of unbranched alkanes of at least 4 members (excludes halogenated alkanes) is 1. The van der Waals surface area contributed by atoms with E-state index in [-0.39, 0.29) is 24.6 Å². The molecule has 2 aromatic heterocycles. The van der Waals surface area contributed by atoms with Gasteiger partial charge in [0.25, 0.3) is 0 Å². The van der Waals surface area contributed by atoms with Gasteiger partial charge in [-0.15, -0.1) is 0 Å². The monoisotopic (exact) mass is 543 g/mol. The minimum Gasteiger partial charge on any atom is -0.466 e. The molecule has 38 heavy (non-hydrogen) atoms. The van der Waals surface area contributed by atoms with E-state index in [1.165, 1.54) is 34.2 Å². The highest BCUT2D eigenvalue weighted by molar-refractivity contribution is 7.90. The Labute approximate surface area is 220 Å². The fourth-order valence-electron chi connectivity index (χ4n) is 4.37. The fraction of sp³-hybridized carbons (Fsp3) is 0.385. The molecular formula is C26H30FN5O5S. The molecule has 0 spiro atoms. The van der Waals surface area contributed by atoms with Crippen LogP contribution < -0.4 is 9.80 Å². The van der Waals surface area contributed by atoms with Crippen molar-refractivity contribution >= 4 is 33.2 Å². The second kappa shape index (κ2) is 11.3. The van der Waals surface area contributed by atoms with Crippen LogP contribution >= 0.6 is 0 Å². The Morgan fingerprint density at radius 1 is 1.18 bits per heavy atom. The number of hydrogen-bond acceptors (Lipinski definition) is 7. The molecule has 1 aromatic carbocycles. The summed E-state index contributed by atoms with van der Waals surface area (Å²) in [6.07, 6.45) is 5.70. The topological polar surface area (TPSA) is 115 Å². The fourth-order valence-corrected chi connectivity index (χ4v) is 4.96. The molecule has 1 aliphatic rings. The molecule has 202 valence electrons. The number of halogens is 1. The van der Waals surface area contributed by atoms with E-state index in [4.69, 9.17) is 4.74 Å². The van der Waals surface area contributed by atoms with E-state index < -0.39 is 33.6 Å². The van der Waals surface area contributed by atoms with Gasteiger partial charge in [0.05, 0.1) is 35.8 Å². The summed E-state index contributed by atoms with van der Waals surface area (Å²) in [5.74, 6) is -1.49. The highest BCUT2D eigenvalue weighted by Gasteiger charge is 2.38. The third-order valence-corrected chi connectivity index (χ3v) is 7.26. The first kappa shape index (κ1) is 27.2. The van der Waals surface area contributed by atoms with Crippen molar-refractivity contribution in [2.45, 2.75) is 38.1 Å². The van der Waals surface area contributed by atoms with Crippen LogP contribution in [0.4, 0.5) is 20.6 Å². The van der Waals surface area contributed by atoms with Crippen LogP contribution in [-0.4, -0.2) is 61.1 Å². The Balaban J connectivity index is 1.78. The second-order valence-corrected chi connectivity index (χ2v) is 11.0. The SMILES string of the molecule is CCCCN(C(=O)N1CC(C(=O)OCC)Cc2c1cnn2-c1ccc(F)cc1)c1ccnc(S(C)(=O)=O)c1. The van der Waals surface area contributed by atoms with Crippen molar-refractivity contribution < 1.29 is 27.1 Å². The number of carbonyl (C=O) groups is 2. The number of amides is 2. The molecule has 2 amide bonds. The van der Waals surface area contributed by atoms with E-state index in [9.17, 15) is 22.4 Å². The summed E-state index contributed by atoms with van der Waals surface area (Å²) in [6.45, 7) is 4.28. The van der Waals surface area contributed by atoms with Crippen molar-refractivity contribution in [1.29, 1.82) is 0 Å². The lowest BCUT2D eigenvalue weighted by atomic mass is 9.97. The van der Waals surface area contributed by atoms with Crippen molar-refractivity contribution in [3.05, 3.63) is 60.3 Å². The quantitative estimate of drug-likeness (QED) is 0.397. The molecule has 10 nitrogen and oxygen atoms in total. The van der Waals surface area contributed by atoms with Gasteiger partial charge in [-0.2, -0.15) is 5.10 Å². The van der Waals surface area contributed by atoms with Gasteiger partial charge in [0, 0.05) is 37.7 Å². The van der Waals surface area contributed by atoms with Crippen LogP contribution in [0.1, 0.15) is 32.4 Å². The van der Waals surface area contributed by atoms with E-state index in [1.54, 1.807) is 36.0 Å². The average Bonchev–Trinajstić information content (AvgIpc) is 3.32. The lowest BCUT2D eigenvalue weighted by Gasteiger charge is -2.35. The third-order valence-electron chi connectivity index (χ3n) is 6.28.